The van der Waals surface area contributed by atoms with Crippen molar-refractivity contribution in [3.05, 3.63) is 29.6 Å². The summed E-state index contributed by atoms with van der Waals surface area (Å²) in [7, 11) is 1.43. The number of rotatable bonds is 4. The maximum atomic E-state index is 13.5. The third-order valence-corrected chi connectivity index (χ3v) is 3.20. The fraction of sp³-hybridized carbons (Fsp3) is 0.538. The van der Waals surface area contributed by atoms with E-state index in [1.54, 1.807) is 12.1 Å². The zero-order chi connectivity index (χ0) is 13.0. The van der Waals surface area contributed by atoms with E-state index in [4.69, 9.17) is 4.74 Å². The average Bonchev–Trinajstić information content (AvgIpc) is 2.39. The zero-order valence-electron chi connectivity index (χ0n) is 10.5. The summed E-state index contributed by atoms with van der Waals surface area (Å²) in [6, 6.07) is 4.59. The van der Waals surface area contributed by atoms with Crippen molar-refractivity contribution in [2.45, 2.75) is 6.10 Å². The highest BCUT2D eigenvalue weighted by Gasteiger charge is 2.16. The fourth-order valence-corrected chi connectivity index (χ4v) is 2.13. The Hall–Kier alpha value is -1.17. The number of aliphatic hydroxyl groups excluding tert-OH is 1. The van der Waals surface area contributed by atoms with Crippen molar-refractivity contribution in [1.29, 1.82) is 0 Å². The second-order valence-corrected chi connectivity index (χ2v) is 4.46. The third kappa shape index (κ3) is 3.19. The van der Waals surface area contributed by atoms with Gasteiger partial charge in [0.1, 0.15) is 0 Å². The largest absolute Gasteiger partial charge is 0.494 e. The van der Waals surface area contributed by atoms with Crippen LogP contribution < -0.4 is 10.1 Å². The van der Waals surface area contributed by atoms with Gasteiger partial charge in [-0.25, -0.2) is 4.39 Å². The minimum Gasteiger partial charge on any atom is -0.494 e. The third-order valence-electron chi connectivity index (χ3n) is 3.20. The minimum atomic E-state index is -0.663. The molecule has 2 rings (SSSR count). The van der Waals surface area contributed by atoms with Gasteiger partial charge in [0, 0.05) is 32.7 Å². The zero-order valence-corrected chi connectivity index (χ0v) is 10.5. The van der Waals surface area contributed by atoms with E-state index < -0.39 is 11.9 Å². The van der Waals surface area contributed by atoms with Crippen LogP contribution in [0, 0.1) is 5.82 Å². The van der Waals surface area contributed by atoms with Gasteiger partial charge in [-0.2, -0.15) is 0 Å². The molecule has 0 radical (unpaired) electrons. The van der Waals surface area contributed by atoms with Crippen molar-refractivity contribution < 1.29 is 14.2 Å². The maximum Gasteiger partial charge on any atom is 0.165 e. The first-order chi connectivity index (χ1) is 8.70. The number of halogens is 1. The van der Waals surface area contributed by atoms with Gasteiger partial charge < -0.3 is 15.2 Å². The number of hydrogen-bond donors (Lipinski definition) is 2. The van der Waals surface area contributed by atoms with Crippen LogP contribution >= 0.6 is 0 Å². The number of piperazine rings is 1. The van der Waals surface area contributed by atoms with E-state index >= 15 is 0 Å². The molecule has 0 aliphatic carbocycles. The van der Waals surface area contributed by atoms with Crippen LogP contribution in [0.25, 0.3) is 0 Å². The molecule has 0 spiro atoms. The highest BCUT2D eigenvalue weighted by molar-refractivity contribution is 5.30. The Kier molecular flexibility index (Phi) is 4.52. The lowest BCUT2D eigenvalue weighted by atomic mass is 10.1. The Bertz CT molecular complexity index is 395. The first-order valence-corrected chi connectivity index (χ1v) is 6.15. The van der Waals surface area contributed by atoms with Crippen LogP contribution in [0.5, 0.6) is 5.75 Å². The lowest BCUT2D eigenvalue weighted by Gasteiger charge is -2.29. The Morgan fingerprint density at radius 1 is 1.44 bits per heavy atom. The molecule has 5 heteroatoms. The summed E-state index contributed by atoms with van der Waals surface area (Å²) in [4.78, 5) is 2.17. The van der Waals surface area contributed by atoms with Gasteiger partial charge in [-0.1, -0.05) is 6.07 Å². The molecule has 1 fully saturated rings. The van der Waals surface area contributed by atoms with Crippen molar-refractivity contribution >= 4 is 0 Å². The van der Waals surface area contributed by atoms with Crippen molar-refractivity contribution in [3.63, 3.8) is 0 Å². The number of methoxy groups -OCH3 is 1. The summed E-state index contributed by atoms with van der Waals surface area (Å²) in [5.74, 6) is -0.234. The first kappa shape index (κ1) is 13.3. The van der Waals surface area contributed by atoms with Crippen molar-refractivity contribution in [2.24, 2.45) is 0 Å². The van der Waals surface area contributed by atoms with Crippen molar-refractivity contribution in [1.82, 2.24) is 10.2 Å². The SMILES string of the molecule is COc1ccc(C(O)CN2CCNCC2)cc1F. The Morgan fingerprint density at radius 2 is 2.17 bits per heavy atom. The van der Waals surface area contributed by atoms with Crippen LogP contribution in [0.2, 0.25) is 0 Å². The topological polar surface area (TPSA) is 44.7 Å². The van der Waals surface area contributed by atoms with Gasteiger partial charge in [0.25, 0.3) is 0 Å². The van der Waals surface area contributed by atoms with Crippen LogP contribution in [-0.2, 0) is 0 Å². The molecule has 1 saturated heterocycles. The Labute approximate surface area is 106 Å². The normalized spacial score (nSPS) is 18.6. The molecule has 1 unspecified atom stereocenters. The van der Waals surface area contributed by atoms with Gasteiger partial charge in [-0.05, 0) is 17.7 Å². The molecule has 0 bridgehead atoms. The van der Waals surface area contributed by atoms with E-state index in [2.05, 4.69) is 10.2 Å². The van der Waals surface area contributed by atoms with Crippen LogP contribution in [0.15, 0.2) is 18.2 Å². The van der Waals surface area contributed by atoms with E-state index in [1.807, 2.05) is 0 Å². The van der Waals surface area contributed by atoms with E-state index in [-0.39, 0.29) is 5.75 Å². The van der Waals surface area contributed by atoms with Crippen LogP contribution in [0.1, 0.15) is 11.7 Å². The quantitative estimate of drug-likeness (QED) is 0.833. The van der Waals surface area contributed by atoms with Crippen molar-refractivity contribution in [3.8, 4) is 5.75 Å². The van der Waals surface area contributed by atoms with Gasteiger partial charge in [0.15, 0.2) is 11.6 Å². The molecule has 1 aliphatic rings. The predicted octanol–water partition coefficient (Wildman–Crippen LogP) is 0.773. The average molecular weight is 254 g/mol. The van der Waals surface area contributed by atoms with Gasteiger partial charge in [-0.15, -0.1) is 0 Å². The highest BCUT2D eigenvalue weighted by Crippen LogP contribution is 2.22. The van der Waals surface area contributed by atoms with Gasteiger partial charge in [0.2, 0.25) is 0 Å². The maximum absolute atomic E-state index is 13.5. The number of aliphatic hydroxyl groups is 1. The number of β-amino-alcohol motifs (C(OH)–C–C–N with tert-alkyl or cyclic N) is 1. The fourth-order valence-electron chi connectivity index (χ4n) is 2.13. The number of hydrogen-bond acceptors (Lipinski definition) is 4. The predicted molar refractivity (Wildman–Crippen MR) is 67.2 cm³/mol. The second-order valence-electron chi connectivity index (χ2n) is 4.46. The molecular weight excluding hydrogens is 235 g/mol. The standard InChI is InChI=1S/C13H19FN2O2/c1-18-13-3-2-10(8-11(13)14)12(17)9-16-6-4-15-5-7-16/h2-3,8,12,15,17H,4-7,9H2,1H3. The van der Waals surface area contributed by atoms with Gasteiger partial charge in [-0.3, -0.25) is 4.90 Å². The monoisotopic (exact) mass is 254 g/mol. The summed E-state index contributed by atoms with van der Waals surface area (Å²) < 4.78 is 18.4. The lowest BCUT2D eigenvalue weighted by Crippen LogP contribution is -2.44. The molecule has 0 saturated carbocycles. The first-order valence-electron chi connectivity index (χ1n) is 6.15. The molecule has 1 atom stereocenters. The second kappa shape index (κ2) is 6.13. The summed E-state index contributed by atoms with van der Waals surface area (Å²) in [5.41, 5.74) is 0.590. The van der Waals surface area contributed by atoms with Crippen LogP contribution in [0.3, 0.4) is 0 Å². The number of ether oxygens (including phenoxy) is 1. The van der Waals surface area contributed by atoms with E-state index in [0.717, 1.165) is 26.2 Å². The van der Waals surface area contributed by atoms with Gasteiger partial charge in [0.05, 0.1) is 13.2 Å². The molecule has 2 N–H and O–H groups in total. The number of nitrogens with zero attached hydrogens (tertiary/aromatic N) is 1. The molecule has 1 aromatic rings. The van der Waals surface area contributed by atoms with Crippen LogP contribution in [-0.4, -0.2) is 49.8 Å². The van der Waals surface area contributed by atoms with E-state index in [0.29, 0.717) is 12.1 Å². The van der Waals surface area contributed by atoms with Crippen molar-refractivity contribution in [2.75, 3.05) is 39.8 Å². The Morgan fingerprint density at radius 3 is 2.78 bits per heavy atom. The molecule has 1 heterocycles. The highest BCUT2D eigenvalue weighted by atomic mass is 19.1. The van der Waals surface area contributed by atoms with Gasteiger partial charge >= 0.3 is 0 Å². The molecule has 4 nitrogen and oxygen atoms in total. The summed E-state index contributed by atoms with van der Waals surface area (Å²) >= 11 is 0. The smallest absolute Gasteiger partial charge is 0.165 e. The van der Waals surface area contributed by atoms with E-state index in [9.17, 15) is 9.50 Å². The number of nitrogens with one attached hydrogen (secondary N) is 1. The summed E-state index contributed by atoms with van der Waals surface area (Å²) in [6.07, 6.45) is -0.663. The lowest BCUT2D eigenvalue weighted by molar-refractivity contribution is 0.105. The minimum absolute atomic E-state index is 0.202. The molecule has 18 heavy (non-hydrogen) atoms. The molecule has 100 valence electrons. The summed E-state index contributed by atoms with van der Waals surface area (Å²) in [5, 5.41) is 13.3. The molecule has 0 amide bonds. The Balaban J connectivity index is 1.99. The molecule has 0 aromatic heterocycles. The number of benzene rings is 1. The van der Waals surface area contributed by atoms with E-state index in [1.165, 1.54) is 13.2 Å². The molecular formula is C13H19FN2O2. The molecule has 1 aromatic carbocycles. The van der Waals surface area contributed by atoms with Crippen LogP contribution in [0.4, 0.5) is 4.39 Å². The molecule has 1 aliphatic heterocycles. The summed E-state index contributed by atoms with van der Waals surface area (Å²) in [6.45, 7) is 4.23.